The van der Waals surface area contributed by atoms with Gasteiger partial charge in [-0.3, -0.25) is 9.78 Å². The molecule has 124 valence electrons. The molecular weight excluding hydrogens is 308 g/mol. The van der Waals surface area contributed by atoms with Crippen molar-refractivity contribution in [3.8, 4) is 0 Å². The van der Waals surface area contributed by atoms with Gasteiger partial charge in [-0.1, -0.05) is 54.1 Å². The highest BCUT2D eigenvalue weighted by molar-refractivity contribution is 5.92. The van der Waals surface area contributed by atoms with Crippen molar-refractivity contribution in [3.05, 3.63) is 95.3 Å². The van der Waals surface area contributed by atoms with Crippen LogP contribution in [0.4, 0.5) is 5.69 Å². The average Bonchev–Trinajstić information content (AvgIpc) is 2.63. The van der Waals surface area contributed by atoms with Crippen molar-refractivity contribution in [1.82, 2.24) is 4.98 Å². The van der Waals surface area contributed by atoms with Crippen LogP contribution in [0.5, 0.6) is 0 Å². The predicted molar refractivity (Wildman–Crippen MR) is 103 cm³/mol. The van der Waals surface area contributed by atoms with Crippen LogP contribution in [0.2, 0.25) is 0 Å². The highest BCUT2D eigenvalue weighted by Crippen LogP contribution is 2.14. The second-order valence-electron chi connectivity index (χ2n) is 5.92. The number of aryl methyl sites for hydroxylation is 1. The van der Waals surface area contributed by atoms with E-state index in [2.05, 4.69) is 10.3 Å². The number of carbonyl (C=O) groups is 1. The van der Waals surface area contributed by atoms with E-state index in [1.165, 1.54) is 5.56 Å². The van der Waals surface area contributed by atoms with Gasteiger partial charge in [0.1, 0.15) is 0 Å². The summed E-state index contributed by atoms with van der Waals surface area (Å²) in [6.45, 7) is 2.04. The van der Waals surface area contributed by atoms with Gasteiger partial charge >= 0.3 is 0 Å². The second kappa shape index (κ2) is 8.06. The molecule has 0 atom stereocenters. The Kier molecular flexibility index (Phi) is 5.37. The lowest BCUT2D eigenvalue weighted by Crippen LogP contribution is -2.14. The van der Waals surface area contributed by atoms with E-state index in [4.69, 9.17) is 0 Å². The number of hydrogen-bond acceptors (Lipinski definition) is 2. The van der Waals surface area contributed by atoms with Crippen molar-refractivity contribution in [1.29, 1.82) is 0 Å². The fourth-order valence-electron chi connectivity index (χ4n) is 2.47. The first-order chi connectivity index (χ1) is 12.2. The van der Waals surface area contributed by atoms with Gasteiger partial charge < -0.3 is 5.32 Å². The standard InChI is InChI=1S/C22H20N2O/c1-17-8-10-19(11-9-17)16-22(25)24-21-7-4-5-18(15-21)12-13-20-6-2-3-14-23-20/h2-15H,16H2,1H3,(H,24,25). The number of nitrogens with zero attached hydrogens (tertiary/aromatic N) is 1. The molecule has 2 aromatic carbocycles. The fourth-order valence-corrected chi connectivity index (χ4v) is 2.47. The van der Waals surface area contributed by atoms with Crippen molar-refractivity contribution in [2.45, 2.75) is 13.3 Å². The molecule has 0 saturated heterocycles. The molecule has 0 saturated carbocycles. The smallest absolute Gasteiger partial charge is 0.228 e. The highest BCUT2D eigenvalue weighted by atomic mass is 16.1. The van der Waals surface area contributed by atoms with Crippen LogP contribution >= 0.6 is 0 Å². The summed E-state index contributed by atoms with van der Waals surface area (Å²) in [6, 6.07) is 21.6. The van der Waals surface area contributed by atoms with E-state index in [0.717, 1.165) is 22.5 Å². The minimum Gasteiger partial charge on any atom is -0.326 e. The third kappa shape index (κ3) is 5.15. The Bertz CT molecular complexity index is 868. The molecule has 3 nitrogen and oxygen atoms in total. The van der Waals surface area contributed by atoms with Gasteiger partial charge in [-0.15, -0.1) is 0 Å². The van der Waals surface area contributed by atoms with E-state index in [9.17, 15) is 4.79 Å². The number of benzene rings is 2. The van der Waals surface area contributed by atoms with Crippen LogP contribution in [0.1, 0.15) is 22.4 Å². The van der Waals surface area contributed by atoms with Crippen LogP contribution in [0.15, 0.2) is 72.9 Å². The fraction of sp³-hybridized carbons (Fsp3) is 0.0909. The molecule has 0 bridgehead atoms. The number of carbonyl (C=O) groups excluding carboxylic acids is 1. The van der Waals surface area contributed by atoms with E-state index in [1.807, 2.05) is 85.8 Å². The number of hydrogen-bond donors (Lipinski definition) is 1. The summed E-state index contributed by atoms with van der Waals surface area (Å²) in [5.74, 6) is -0.0188. The van der Waals surface area contributed by atoms with Gasteiger partial charge in [0, 0.05) is 11.9 Å². The first kappa shape index (κ1) is 16.7. The van der Waals surface area contributed by atoms with Gasteiger partial charge in [0.25, 0.3) is 0 Å². The average molecular weight is 328 g/mol. The molecule has 0 fully saturated rings. The largest absolute Gasteiger partial charge is 0.326 e. The molecule has 0 spiro atoms. The Hall–Kier alpha value is -3.20. The summed E-state index contributed by atoms with van der Waals surface area (Å²) in [5.41, 5.74) is 4.90. The highest BCUT2D eigenvalue weighted by Gasteiger charge is 2.04. The third-order valence-electron chi connectivity index (χ3n) is 3.79. The van der Waals surface area contributed by atoms with E-state index < -0.39 is 0 Å². The lowest BCUT2D eigenvalue weighted by atomic mass is 10.1. The van der Waals surface area contributed by atoms with Crippen LogP contribution < -0.4 is 5.32 Å². The molecular formula is C22H20N2O. The minimum atomic E-state index is -0.0188. The van der Waals surface area contributed by atoms with Gasteiger partial charge in [-0.05, 0) is 48.4 Å². The molecule has 0 radical (unpaired) electrons. The SMILES string of the molecule is Cc1ccc(CC(=O)Nc2cccc(C=Cc3ccccn3)c2)cc1. The first-order valence-electron chi connectivity index (χ1n) is 8.24. The van der Waals surface area contributed by atoms with Crippen molar-refractivity contribution in [3.63, 3.8) is 0 Å². The summed E-state index contributed by atoms with van der Waals surface area (Å²) in [7, 11) is 0. The van der Waals surface area contributed by atoms with E-state index in [0.29, 0.717) is 6.42 Å². The molecule has 0 aliphatic rings. The molecule has 0 aliphatic carbocycles. The number of nitrogens with one attached hydrogen (secondary N) is 1. The maximum Gasteiger partial charge on any atom is 0.228 e. The lowest BCUT2D eigenvalue weighted by Gasteiger charge is -2.06. The maximum absolute atomic E-state index is 12.2. The number of aromatic nitrogens is 1. The van der Waals surface area contributed by atoms with E-state index in [-0.39, 0.29) is 5.91 Å². The van der Waals surface area contributed by atoms with Gasteiger partial charge in [-0.25, -0.2) is 0 Å². The van der Waals surface area contributed by atoms with Gasteiger partial charge in [0.15, 0.2) is 0 Å². The second-order valence-corrected chi connectivity index (χ2v) is 5.92. The minimum absolute atomic E-state index is 0.0188. The van der Waals surface area contributed by atoms with Crippen molar-refractivity contribution in [2.24, 2.45) is 0 Å². The Morgan fingerprint density at radius 2 is 1.84 bits per heavy atom. The molecule has 1 amide bonds. The van der Waals surface area contributed by atoms with Crippen molar-refractivity contribution >= 4 is 23.7 Å². The molecule has 0 aliphatic heterocycles. The van der Waals surface area contributed by atoms with Crippen molar-refractivity contribution < 1.29 is 4.79 Å². The zero-order chi connectivity index (χ0) is 17.5. The topological polar surface area (TPSA) is 42.0 Å². The Morgan fingerprint density at radius 3 is 2.60 bits per heavy atom. The summed E-state index contributed by atoms with van der Waals surface area (Å²) < 4.78 is 0. The van der Waals surface area contributed by atoms with Gasteiger partial charge in [0.05, 0.1) is 12.1 Å². The van der Waals surface area contributed by atoms with Gasteiger partial charge in [-0.2, -0.15) is 0 Å². The summed E-state index contributed by atoms with van der Waals surface area (Å²) in [4.78, 5) is 16.5. The van der Waals surface area contributed by atoms with Crippen LogP contribution in [-0.2, 0) is 11.2 Å². The van der Waals surface area contributed by atoms with E-state index >= 15 is 0 Å². The third-order valence-corrected chi connectivity index (χ3v) is 3.79. The molecule has 25 heavy (non-hydrogen) atoms. The van der Waals surface area contributed by atoms with Crippen LogP contribution in [0.25, 0.3) is 12.2 Å². The molecule has 1 N–H and O–H groups in total. The lowest BCUT2D eigenvalue weighted by molar-refractivity contribution is -0.115. The summed E-state index contributed by atoms with van der Waals surface area (Å²) in [6.07, 6.45) is 6.07. The molecule has 1 heterocycles. The van der Waals surface area contributed by atoms with Crippen molar-refractivity contribution in [2.75, 3.05) is 5.32 Å². The Labute approximate surface area is 148 Å². The maximum atomic E-state index is 12.2. The molecule has 0 unspecified atom stereocenters. The van der Waals surface area contributed by atoms with Crippen LogP contribution in [-0.4, -0.2) is 10.9 Å². The quantitative estimate of drug-likeness (QED) is 0.735. The van der Waals surface area contributed by atoms with Crippen LogP contribution in [0, 0.1) is 6.92 Å². The van der Waals surface area contributed by atoms with Gasteiger partial charge in [0.2, 0.25) is 5.91 Å². The molecule has 3 rings (SSSR count). The zero-order valence-electron chi connectivity index (χ0n) is 14.1. The molecule has 1 aromatic heterocycles. The first-order valence-corrected chi connectivity index (χ1v) is 8.24. The number of rotatable bonds is 5. The molecule has 3 heteroatoms. The Morgan fingerprint density at radius 1 is 1.00 bits per heavy atom. The number of amides is 1. The summed E-state index contributed by atoms with van der Waals surface area (Å²) in [5, 5.41) is 2.96. The molecule has 3 aromatic rings. The monoisotopic (exact) mass is 328 g/mol. The number of anilines is 1. The normalized spacial score (nSPS) is 10.8. The number of pyridine rings is 1. The zero-order valence-corrected chi connectivity index (χ0v) is 14.1. The Balaban J connectivity index is 1.64. The predicted octanol–water partition coefficient (Wildman–Crippen LogP) is 4.74. The van der Waals surface area contributed by atoms with Crippen LogP contribution in [0.3, 0.4) is 0 Å². The summed E-state index contributed by atoms with van der Waals surface area (Å²) >= 11 is 0. The van der Waals surface area contributed by atoms with E-state index in [1.54, 1.807) is 6.20 Å².